The number of aliphatic carboxylic acids is 1. The van der Waals surface area contributed by atoms with Gasteiger partial charge >= 0.3 is 5.97 Å². The Hall–Kier alpha value is -2.18. The molecule has 104 valence electrons. The van der Waals surface area contributed by atoms with Gasteiger partial charge in [-0.15, -0.1) is 0 Å². The SMILES string of the molecule is CCCC(CNc1cc(F)cc([N+](=O)[O-])c1)C(=O)O. The van der Waals surface area contributed by atoms with Crippen LogP contribution in [-0.4, -0.2) is 22.5 Å². The van der Waals surface area contributed by atoms with Gasteiger partial charge in [-0.1, -0.05) is 13.3 Å². The molecule has 7 heteroatoms. The number of carboxylic acid groups (broad SMARTS) is 1. The predicted octanol–water partition coefficient (Wildman–Crippen LogP) is 2.65. The molecule has 19 heavy (non-hydrogen) atoms. The zero-order chi connectivity index (χ0) is 14.4. The van der Waals surface area contributed by atoms with E-state index in [4.69, 9.17) is 5.11 Å². The van der Waals surface area contributed by atoms with Crippen LogP contribution in [0.4, 0.5) is 15.8 Å². The van der Waals surface area contributed by atoms with E-state index in [1.807, 2.05) is 6.92 Å². The van der Waals surface area contributed by atoms with E-state index in [-0.39, 0.29) is 17.9 Å². The molecule has 2 N–H and O–H groups in total. The molecule has 1 atom stereocenters. The van der Waals surface area contributed by atoms with Crippen LogP contribution in [0, 0.1) is 21.8 Å². The number of benzene rings is 1. The van der Waals surface area contributed by atoms with Crippen LogP contribution in [0.5, 0.6) is 0 Å². The molecule has 0 saturated carbocycles. The monoisotopic (exact) mass is 270 g/mol. The maximum atomic E-state index is 13.2. The van der Waals surface area contributed by atoms with Gasteiger partial charge in [0.1, 0.15) is 5.82 Å². The van der Waals surface area contributed by atoms with E-state index in [0.29, 0.717) is 12.8 Å². The standard InChI is InChI=1S/C12H15FN2O4/c1-2-3-8(12(16)17)7-14-10-4-9(13)5-11(6-10)15(18)19/h4-6,8,14H,2-3,7H2,1H3,(H,16,17). The molecule has 0 aliphatic rings. The Bertz CT molecular complexity index is 479. The number of anilines is 1. The van der Waals surface area contributed by atoms with Crippen LogP contribution in [-0.2, 0) is 4.79 Å². The van der Waals surface area contributed by atoms with Crippen molar-refractivity contribution in [2.75, 3.05) is 11.9 Å². The maximum absolute atomic E-state index is 13.2. The van der Waals surface area contributed by atoms with Gasteiger partial charge in [-0.05, 0) is 12.5 Å². The summed E-state index contributed by atoms with van der Waals surface area (Å²) in [7, 11) is 0. The molecule has 0 amide bonds. The van der Waals surface area contributed by atoms with Crippen molar-refractivity contribution in [1.82, 2.24) is 0 Å². The second-order valence-electron chi connectivity index (χ2n) is 4.16. The molecule has 0 heterocycles. The van der Waals surface area contributed by atoms with Crippen molar-refractivity contribution in [3.05, 3.63) is 34.1 Å². The van der Waals surface area contributed by atoms with Crippen molar-refractivity contribution in [2.24, 2.45) is 5.92 Å². The number of carbonyl (C=O) groups is 1. The number of nitro groups is 1. The van der Waals surface area contributed by atoms with Crippen molar-refractivity contribution in [3.8, 4) is 0 Å². The minimum Gasteiger partial charge on any atom is -0.481 e. The van der Waals surface area contributed by atoms with Crippen LogP contribution < -0.4 is 5.32 Å². The smallest absolute Gasteiger partial charge is 0.308 e. The van der Waals surface area contributed by atoms with Crippen LogP contribution in [0.25, 0.3) is 0 Å². The Morgan fingerprint density at radius 1 is 1.53 bits per heavy atom. The quantitative estimate of drug-likeness (QED) is 0.587. The van der Waals surface area contributed by atoms with Crippen LogP contribution >= 0.6 is 0 Å². The highest BCUT2D eigenvalue weighted by Crippen LogP contribution is 2.20. The molecule has 0 aliphatic heterocycles. The van der Waals surface area contributed by atoms with E-state index in [2.05, 4.69) is 5.32 Å². The Labute approximate surface area is 109 Å². The molecule has 6 nitrogen and oxygen atoms in total. The Kier molecular flexibility index (Phi) is 5.23. The molecule has 1 aromatic rings. The van der Waals surface area contributed by atoms with Gasteiger partial charge in [-0.3, -0.25) is 14.9 Å². The molecular weight excluding hydrogens is 255 g/mol. The molecule has 0 radical (unpaired) electrons. The molecule has 0 aromatic heterocycles. The van der Waals surface area contributed by atoms with E-state index in [1.54, 1.807) is 0 Å². The second kappa shape index (κ2) is 6.67. The van der Waals surface area contributed by atoms with Crippen LogP contribution in [0.15, 0.2) is 18.2 Å². The lowest BCUT2D eigenvalue weighted by Crippen LogP contribution is -2.22. The van der Waals surface area contributed by atoms with Crippen LogP contribution in [0.1, 0.15) is 19.8 Å². The third kappa shape index (κ3) is 4.53. The van der Waals surface area contributed by atoms with Crippen molar-refractivity contribution < 1.29 is 19.2 Å². The fourth-order valence-electron chi connectivity index (χ4n) is 1.68. The number of nitrogens with one attached hydrogen (secondary N) is 1. The number of nitrogens with zero attached hydrogens (tertiary/aromatic N) is 1. The topological polar surface area (TPSA) is 92.5 Å². The van der Waals surface area contributed by atoms with Crippen molar-refractivity contribution >= 4 is 17.3 Å². The number of rotatable bonds is 7. The van der Waals surface area contributed by atoms with Gasteiger partial charge < -0.3 is 10.4 Å². The number of carboxylic acids is 1. The van der Waals surface area contributed by atoms with Crippen LogP contribution in [0.2, 0.25) is 0 Å². The van der Waals surface area contributed by atoms with Crippen molar-refractivity contribution in [2.45, 2.75) is 19.8 Å². The molecule has 1 aromatic carbocycles. The van der Waals surface area contributed by atoms with Gasteiger partial charge in [-0.25, -0.2) is 4.39 Å². The first-order chi connectivity index (χ1) is 8.93. The lowest BCUT2D eigenvalue weighted by molar-refractivity contribution is -0.385. The van der Waals surface area contributed by atoms with Gasteiger partial charge in [0, 0.05) is 18.3 Å². The predicted molar refractivity (Wildman–Crippen MR) is 67.6 cm³/mol. The maximum Gasteiger partial charge on any atom is 0.308 e. The highest BCUT2D eigenvalue weighted by molar-refractivity contribution is 5.70. The Morgan fingerprint density at radius 3 is 2.74 bits per heavy atom. The lowest BCUT2D eigenvalue weighted by atomic mass is 10.0. The summed E-state index contributed by atoms with van der Waals surface area (Å²) >= 11 is 0. The van der Waals surface area contributed by atoms with E-state index in [0.717, 1.165) is 12.1 Å². The summed E-state index contributed by atoms with van der Waals surface area (Å²) in [6.07, 6.45) is 1.20. The van der Waals surface area contributed by atoms with Gasteiger partial charge in [-0.2, -0.15) is 0 Å². The third-order valence-corrected chi connectivity index (χ3v) is 2.63. The Balaban J connectivity index is 2.76. The van der Waals surface area contributed by atoms with E-state index >= 15 is 0 Å². The molecule has 0 aliphatic carbocycles. The fraction of sp³-hybridized carbons (Fsp3) is 0.417. The van der Waals surface area contributed by atoms with Crippen LogP contribution in [0.3, 0.4) is 0 Å². The van der Waals surface area contributed by atoms with Gasteiger partial charge in [0.15, 0.2) is 0 Å². The zero-order valence-corrected chi connectivity index (χ0v) is 10.4. The minimum absolute atomic E-state index is 0.101. The molecule has 0 fully saturated rings. The normalized spacial score (nSPS) is 11.9. The number of nitro benzene ring substituents is 1. The van der Waals surface area contributed by atoms with Crippen molar-refractivity contribution in [3.63, 3.8) is 0 Å². The first-order valence-corrected chi connectivity index (χ1v) is 5.85. The molecular formula is C12H15FN2O4. The summed E-state index contributed by atoms with van der Waals surface area (Å²) in [6, 6.07) is 3.08. The first kappa shape index (κ1) is 14.9. The van der Waals surface area contributed by atoms with Gasteiger partial charge in [0.05, 0.1) is 16.9 Å². The summed E-state index contributed by atoms with van der Waals surface area (Å²) < 4.78 is 13.2. The summed E-state index contributed by atoms with van der Waals surface area (Å²) in [5.41, 5.74) is -0.168. The molecule has 1 unspecified atom stereocenters. The summed E-state index contributed by atoms with van der Waals surface area (Å²) in [4.78, 5) is 20.8. The third-order valence-electron chi connectivity index (χ3n) is 2.63. The summed E-state index contributed by atoms with van der Waals surface area (Å²) in [5, 5.41) is 22.3. The number of hydrogen-bond donors (Lipinski definition) is 2. The first-order valence-electron chi connectivity index (χ1n) is 5.85. The van der Waals surface area contributed by atoms with E-state index in [1.165, 1.54) is 6.07 Å². The van der Waals surface area contributed by atoms with Gasteiger partial charge in [0.2, 0.25) is 0 Å². The minimum atomic E-state index is -0.944. The molecule has 0 spiro atoms. The van der Waals surface area contributed by atoms with E-state index in [9.17, 15) is 19.3 Å². The largest absolute Gasteiger partial charge is 0.481 e. The highest BCUT2D eigenvalue weighted by atomic mass is 19.1. The average molecular weight is 270 g/mol. The Morgan fingerprint density at radius 2 is 2.21 bits per heavy atom. The second-order valence-corrected chi connectivity index (χ2v) is 4.16. The molecule has 0 bridgehead atoms. The molecule has 0 saturated heterocycles. The average Bonchev–Trinajstić information content (AvgIpc) is 2.33. The van der Waals surface area contributed by atoms with Gasteiger partial charge in [0.25, 0.3) is 5.69 Å². The van der Waals surface area contributed by atoms with E-state index < -0.39 is 22.6 Å². The lowest BCUT2D eigenvalue weighted by Gasteiger charge is -2.13. The number of non-ortho nitro benzene ring substituents is 1. The number of hydrogen-bond acceptors (Lipinski definition) is 4. The molecule has 1 rings (SSSR count). The zero-order valence-electron chi connectivity index (χ0n) is 10.4. The van der Waals surface area contributed by atoms with Crippen molar-refractivity contribution in [1.29, 1.82) is 0 Å². The fourth-order valence-corrected chi connectivity index (χ4v) is 1.68. The number of halogens is 1. The summed E-state index contributed by atoms with van der Waals surface area (Å²) in [5.74, 6) is -2.29. The highest BCUT2D eigenvalue weighted by Gasteiger charge is 2.17. The summed E-state index contributed by atoms with van der Waals surface area (Å²) in [6.45, 7) is 1.97.